The summed E-state index contributed by atoms with van der Waals surface area (Å²) in [7, 11) is 0. The van der Waals surface area contributed by atoms with Gasteiger partial charge in [-0.15, -0.1) is 0 Å². The smallest absolute Gasteiger partial charge is 0.410 e. The van der Waals surface area contributed by atoms with E-state index in [1.165, 1.54) is 29.6 Å². The van der Waals surface area contributed by atoms with E-state index in [1.807, 2.05) is 34.6 Å². The molecule has 1 aromatic heterocycles. The van der Waals surface area contributed by atoms with E-state index < -0.39 is 17.3 Å². The van der Waals surface area contributed by atoms with Gasteiger partial charge in [0.1, 0.15) is 23.5 Å². The van der Waals surface area contributed by atoms with Crippen LogP contribution in [-0.4, -0.2) is 76.1 Å². The Morgan fingerprint density at radius 3 is 2.52 bits per heavy atom. The van der Waals surface area contributed by atoms with Gasteiger partial charge in [-0.25, -0.2) is 19.2 Å². The van der Waals surface area contributed by atoms with Crippen LogP contribution in [0.2, 0.25) is 0 Å². The van der Waals surface area contributed by atoms with Gasteiger partial charge in [-0.2, -0.15) is 5.26 Å². The fourth-order valence-electron chi connectivity index (χ4n) is 5.14. The zero-order valence-corrected chi connectivity index (χ0v) is 23.8. The Labute approximate surface area is 234 Å². The lowest BCUT2D eigenvalue weighted by molar-refractivity contribution is 0.00586. The highest BCUT2D eigenvalue weighted by Crippen LogP contribution is 2.45. The summed E-state index contributed by atoms with van der Waals surface area (Å²) in [4.78, 5) is 39.8. The topological polar surface area (TPSA) is 112 Å². The fraction of sp³-hybridized carbons (Fsp3) is 0.552. The molecule has 0 saturated carbocycles. The number of amides is 2. The highest BCUT2D eigenvalue weighted by molar-refractivity contribution is 5.97. The number of nitriles is 1. The minimum atomic E-state index is -0.563. The van der Waals surface area contributed by atoms with E-state index in [1.54, 1.807) is 4.90 Å². The zero-order valence-electron chi connectivity index (χ0n) is 23.8. The van der Waals surface area contributed by atoms with Crippen LogP contribution in [0.4, 0.5) is 15.0 Å². The normalized spacial score (nSPS) is 16.4. The summed E-state index contributed by atoms with van der Waals surface area (Å²) in [5, 5.41) is 9.01. The lowest BCUT2D eigenvalue weighted by Gasteiger charge is -2.54. The summed E-state index contributed by atoms with van der Waals surface area (Å²) in [6, 6.07) is 5.68. The molecule has 2 aliphatic rings. The van der Waals surface area contributed by atoms with Gasteiger partial charge >= 0.3 is 6.09 Å². The predicted molar refractivity (Wildman–Crippen MR) is 147 cm³/mol. The molecule has 1 spiro atoms. The molecular weight excluding hydrogens is 515 g/mol. The van der Waals surface area contributed by atoms with Crippen molar-refractivity contribution in [1.29, 1.82) is 5.26 Å². The van der Waals surface area contributed by atoms with Gasteiger partial charge in [0.2, 0.25) is 0 Å². The molecule has 2 aromatic rings. The quantitative estimate of drug-likeness (QED) is 0.471. The van der Waals surface area contributed by atoms with Crippen molar-refractivity contribution >= 4 is 17.8 Å². The lowest BCUT2D eigenvalue weighted by atomic mass is 9.72. The van der Waals surface area contributed by atoms with E-state index in [0.29, 0.717) is 24.7 Å². The third-order valence-electron chi connectivity index (χ3n) is 7.23. The molecule has 0 radical (unpaired) electrons. The van der Waals surface area contributed by atoms with E-state index in [0.717, 1.165) is 32.0 Å². The molecule has 0 atom stereocenters. The van der Waals surface area contributed by atoms with Gasteiger partial charge < -0.3 is 24.2 Å². The first-order valence-corrected chi connectivity index (χ1v) is 13.6. The van der Waals surface area contributed by atoms with Gasteiger partial charge in [0.25, 0.3) is 5.91 Å². The van der Waals surface area contributed by atoms with Crippen LogP contribution < -0.4 is 9.64 Å². The Morgan fingerprint density at radius 1 is 1.20 bits per heavy atom. The minimum Gasteiger partial charge on any atom is -0.451 e. The summed E-state index contributed by atoms with van der Waals surface area (Å²) < 4.78 is 25.9. The summed E-state index contributed by atoms with van der Waals surface area (Å²) in [5.74, 6) is 0.149. The van der Waals surface area contributed by atoms with E-state index in [4.69, 9.17) is 14.7 Å². The highest BCUT2D eigenvalue weighted by Gasteiger charge is 2.47. The zero-order chi connectivity index (χ0) is 29.1. The molecule has 2 fully saturated rings. The molecule has 214 valence electrons. The minimum absolute atomic E-state index is 0.0657. The van der Waals surface area contributed by atoms with Gasteiger partial charge in [0, 0.05) is 44.2 Å². The molecule has 2 amide bonds. The number of anilines is 1. The van der Waals surface area contributed by atoms with Crippen molar-refractivity contribution < 1.29 is 23.5 Å². The Bertz CT molecular complexity index is 1270. The number of nitrogens with zero attached hydrogens (tertiary/aromatic N) is 6. The van der Waals surface area contributed by atoms with Crippen LogP contribution in [0, 0.1) is 22.6 Å². The maximum atomic E-state index is 14.3. The van der Waals surface area contributed by atoms with Gasteiger partial charge in [0.15, 0.2) is 11.6 Å². The first-order valence-electron chi connectivity index (χ1n) is 13.6. The molecule has 3 heterocycles. The van der Waals surface area contributed by atoms with Gasteiger partial charge in [0.05, 0.1) is 24.3 Å². The molecule has 4 rings (SSSR count). The van der Waals surface area contributed by atoms with Crippen LogP contribution in [0.3, 0.4) is 0 Å². The molecule has 2 saturated heterocycles. The number of rotatable bonds is 7. The van der Waals surface area contributed by atoms with Crippen LogP contribution in [0.25, 0.3) is 0 Å². The maximum absolute atomic E-state index is 14.3. The van der Waals surface area contributed by atoms with Gasteiger partial charge in [-0.1, -0.05) is 0 Å². The number of carbonyl (C=O) groups excluding carboxylic acids is 2. The first kappa shape index (κ1) is 29.1. The number of piperidine rings is 1. The Kier molecular flexibility index (Phi) is 8.47. The summed E-state index contributed by atoms with van der Waals surface area (Å²) in [5.41, 5.74) is -0.395. The van der Waals surface area contributed by atoms with Crippen molar-refractivity contribution in [2.75, 3.05) is 37.6 Å². The third-order valence-corrected chi connectivity index (χ3v) is 7.23. The molecule has 0 unspecified atom stereocenters. The monoisotopic (exact) mass is 552 g/mol. The SMILES string of the molecule is CC(C)N(CCC#N)C(=O)c1cc(F)ccc1Oc1cncnc1N1CC2(CCN(C(=O)OC(C)(C)C)CC2)C1. The summed E-state index contributed by atoms with van der Waals surface area (Å²) in [6.45, 7) is 12.3. The molecule has 40 heavy (non-hydrogen) atoms. The van der Waals surface area contributed by atoms with Crippen molar-refractivity contribution in [1.82, 2.24) is 19.8 Å². The Hall–Kier alpha value is -3.94. The second-order valence-corrected chi connectivity index (χ2v) is 11.8. The highest BCUT2D eigenvalue weighted by atomic mass is 19.1. The molecule has 0 bridgehead atoms. The molecule has 10 nitrogen and oxygen atoms in total. The number of hydrogen-bond donors (Lipinski definition) is 0. The maximum Gasteiger partial charge on any atom is 0.410 e. The van der Waals surface area contributed by atoms with Crippen LogP contribution in [0.1, 0.15) is 64.2 Å². The predicted octanol–water partition coefficient (Wildman–Crippen LogP) is 5.01. The number of ether oxygens (including phenoxy) is 2. The molecule has 11 heteroatoms. The van der Waals surface area contributed by atoms with Gasteiger partial charge in [-0.05, 0) is 65.7 Å². The van der Waals surface area contributed by atoms with E-state index in [2.05, 4.69) is 20.9 Å². The van der Waals surface area contributed by atoms with Crippen molar-refractivity contribution in [3.63, 3.8) is 0 Å². The molecule has 0 aliphatic carbocycles. The number of carbonyl (C=O) groups is 2. The average Bonchev–Trinajstić information content (AvgIpc) is 2.87. The second-order valence-electron chi connectivity index (χ2n) is 11.8. The van der Waals surface area contributed by atoms with Gasteiger partial charge in [-0.3, -0.25) is 4.79 Å². The number of halogens is 1. The standard InChI is InChI=1S/C29H37FN6O4/c1-20(2)36(12-6-11-31)26(37)22-15-21(30)7-8-23(22)39-24-16-32-19-33-25(24)35-17-29(18-35)9-13-34(14-10-29)27(38)40-28(3,4)5/h7-8,15-16,19-20H,6,9-10,12-14,17-18H2,1-5H3. The van der Waals surface area contributed by atoms with Crippen molar-refractivity contribution in [3.8, 4) is 17.6 Å². The average molecular weight is 553 g/mol. The lowest BCUT2D eigenvalue weighted by Crippen LogP contribution is -2.61. The number of benzene rings is 1. The fourth-order valence-corrected chi connectivity index (χ4v) is 5.14. The summed E-state index contributed by atoms with van der Waals surface area (Å²) in [6.07, 6.45) is 4.57. The number of hydrogen-bond acceptors (Lipinski definition) is 8. The van der Waals surface area contributed by atoms with Crippen molar-refractivity contribution in [2.24, 2.45) is 5.41 Å². The van der Waals surface area contributed by atoms with Crippen LogP contribution in [-0.2, 0) is 4.74 Å². The van der Waals surface area contributed by atoms with Crippen LogP contribution >= 0.6 is 0 Å². The number of likely N-dealkylation sites (tertiary alicyclic amines) is 1. The van der Waals surface area contributed by atoms with Crippen molar-refractivity contribution in [3.05, 3.63) is 42.1 Å². The molecule has 1 aromatic carbocycles. The van der Waals surface area contributed by atoms with Crippen LogP contribution in [0.5, 0.6) is 11.5 Å². The molecule has 0 N–H and O–H groups in total. The second kappa shape index (κ2) is 11.7. The molecular formula is C29H37FN6O4. The van der Waals surface area contributed by atoms with Crippen LogP contribution in [0.15, 0.2) is 30.7 Å². The van der Waals surface area contributed by atoms with E-state index in [9.17, 15) is 14.0 Å². The van der Waals surface area contributed by atoms with E-state index >= 15 is 0 Å². The summed E-state index contributed by atoms with van der Waals surface area (Å²) >= 11 is 0. The molecule has 2 aliphatic heterocycles. The largest absolute Gasteiger partial charge is 0.451 e. The first-order chi connectivity index (χ1) is 18.9. The Morgan fingerprint density at radius 2 is 1.90 bits per heavy atom. The number of aromatic nitrogens is 2. The van der Waals surface area contributed by atoms with Crippen molar-refractivity contribution in [2.45, 2.75) is 65.5 Å². The Balaban J connectivity index is 1.47. The van der Waals surface area contributed by atoms with E-state index in [-0.39, 0.29) is 41.8 Å². The third kappa shape index (κ3) is 6.61.